The molecule has 0 saturated heterocycles. The quantitative estimate of drug-likeness (QED) is 0.165. The molecule has 0 aliphatic rings. The SMILES string of the molecule is FC(F)(F)C(F)(F)CC(F)(F)C(F)(F)C(F)(F)F.FCC(F)(F)C(F)(F)F.FCC(F)C(F)(F)F.FCCC(F)(F)F.FCCCOC(F)(F)F.FCF. The van der Waals surface area contributed by atoms with Crippen LogP contribution in [0.5, 0.6) is 0 Å². The van der Waals surface area contributed by atoms with Crippen LogP contribution in [0.15, 0.2) is 0 Å². The average molecular weight is 902 g/mol. The van der Waals surface area contributed by atoms with E-state index in [0.29, 0.717) is 0 Å². The number of halogens is 33. The van der Waals surface area contributed by atoms with Crippen molar-refractivity contribution in [3.05, 3.63) is 0 Å². The molecule has 0 radical (unpaired) electrons. The van der Waals surface area contributed by atoms with E-state index in [1.54, 1.807) is 0 Å². The Morgan fingerprint density at radius 2 is 0.796 bits per heavy atom. The highest BCUT2D eigenvalue weighted by Gasteiger charge is 2.77. The first kappa shape index (κ1) is 63.6. The summed E-state index contributed by atoms with van der Waals surface area (Å²) in [5.41, 5.74) is 0. The van der Waals surface area contributed by atoms with Crippen molar-refractivity contribution >= 4 is 0 Å². The summed E-state index contributed by atoms with van der Waals surface area (Å²) >= 11 is 0. The monoisotopic (exact) mass is 902 g/mol. The Labute approximate surface area is 277 Å². The second-order valence-corrected chi connectivity index (χ2v) is 8.15. The standard InChI is InChI=1S/C6H2F12.C4H6F4O.C3H2F6.C3H3F5.C3H4F4.CH2F2/c7-2(8,4(11,12)6(16,17)18)1-3(9,10)5(13,14)15;5-2-1-3-9-4(6,7)8;4-1-2(5,6)3(7,8)9;4-1-2(5)3(6,7)8;4-2-1-3(5,6)7;2-1-3/h1H2;1-3H2;1H2;2H,1H2;1-2H2;1H2. The molecule has 0 N–H and O–H groups in total. The second kappa shape index (κ2) is 25.0. The van der Waals surface area contributed by atoms with Gasteiger partial charge in [0.1, 0.15) is 6.67 Å². The van der Waals surface area contributed by atoms with Gasteiger partial charge in [-0.15, -0.1) is 13.2 Å². The molecule has 54 heavy (non-hydrogen) atoms. The summed E-state index contributed by atoms with van der Waals surface area (Å²) in [6.07, 6.45) is -42.2. The number of hydrogen-bond acceptors (Lipinski definition) is 1. The van der Waals surface area contributed by atoms with E-state index in [-0.39, 0.29) is 6.42 Å². The molecule has 0 aromatic heterocycles. The summed E-state index contributed by atoms with van der Waals surface area (Å²) in [7, 11) is 0. The Morgan fingerprint density at radius 3 is 0.926 bits per heavy atom. The Balaban J connectivity index is -0.000000138. The number of alkyl halides is 33. The summed E-state index contributed by atoms with van der Waals surface area (Å²) in [6, 6.07) is 0. The summed E-state index contributed by atoms with van der Waals surface area (Å²) in [4.78, 5) is 0. The molecule has 0 heterocycles. The van der Waals surface area contributed by atoms with Gasteiger partial charge in [0, 0.05) is 0 Å². The molecule has 0 spiro atoms. The van der Waals surface area contributed by atoms with Gasteiger partial charge in [0.25, 0.3) is 0 Å². The molecule has 1 nitrogen and oxygen atoms in total. The van der Waals surface area contributed by atoms with E-state index >= 15 is 0 Å². The summed E-state index contributed by atoms with van der Waals surface area (Å²) in [5.74, 6) is -25.2. The fraction of sp³-hybridized carbons (Fsp3) is 1.00. The minimum Gasteiger partial charge on any atom is -0.292 e. The third-order valence-corrected chi connectivity index (χ3v) is 3.67. The summed E-state index contributed by atoms with van der Waals surface area (Å²) in [6.45, 7) is -9.14. The smallest absolute Gasteiger partial charge is 0.292 e. The lowest BCUT2D eigenvalue weighted by Crippen LogP contribution is -2.56. The first-order valence-electron chi connectivity index (χ1n) is 11.8. The number of hydrogen-bond donors (Lipinski definition) is 0. The summed E-state index contributed by atoms with van der Waals surface area (Å²) < 4.78 is 371. The van der Waals surface area contributed by atoms with E-state index in [4.69, 9.17) is 0 Å². The van der Waals surface area contributed by atoms with Crippen LogP contribution in [0.2, 0.25) is 0 Å². The normalized spacial score (nSPS) is 13.9. The summed E-state index contributed by atoms with van der Waals surface area (Å²) in [5, 5.41) is 0. The predicted molar refractivity (Wildman–Crippen MR) is 112 cm³/mol. The van der Waals surface area contributed by atoms with Crippen LogP contribution in [0.25, 0.3) is 0 Å². The van der Waals surface area contributed by atoms with Gasteiger partial charge in [0.2, 0.25) is 13.1 Å². The Morgan fingerprint density at radius 1 is 0.444 bits per heavy atom. The molecule has 0 bridgehead atoms. The van der Waals surface area contributed by atoms with Gasteiger partial charge in [-0.2, -0.15) is 101 Å². The van der Waals surface area contributed by atoms with Crippen LogP contribution < -0.4 is 0 Å². The van der Waals surface area contributed by atoms with Gasteiger partial charge < -0.3 is 0 Å². The van der Waals surface area contributed by atoms with Crippen LogP contribution in [-0.2, 0) is 4.74 Å². The minimum absolute atomic E-state index is 0.209. The third kappa shape index (κ3) is 31.9. The van der Waals surface area contributed by atoms with Crippen LogP contribution in [-0.4, -0.2) is 107 Å². The van der Waals surface area contributed by atoms with E-state index in [1.807, 2.05) is 0 Å². The highest BCUT2D eigenvalue weighted by atomic mass is 19.5. The maximum absolute atomic E-state index is 12.3. The fourth-order valence-electron chi connectivity index (χ4n) is 1.21. The molecule has 336 valence electrons. The first-order chi connectivity index (χ1) is 23.3. The predicted octanol–water partition coefficient (Wildman–Crippen LogP) is 13.1. The molecule has 0 amide bonds. The number of rotatable bonds is 9. The van der Waals surface area contributed by atoms with Gasteiger partial charge in [-0.25, -0.2) is 22.0 Å². The zero-order chi connectivity index (χ0) is 45.6. The van der Waals surface area contributed by atoms with Gasteiger partial charge in [-0.05, 0) is 6.42 Å². The van der Waals surface area contributed by atoms with E-state index in [2.05, 4.69) is 4.74 Å². The fourth-order valence-corrected chi connectivity index (χ4v) is 1.21. The molecule has 1 unspecified atom stereocenters. The van der Waals surface area contributed by atoms with Gasteiger partial charge in [-0.3, -0.25) is 13.5 Å². The van der Waals surface area contributed by atoms with Gasteiger partial charge in [-0.1, -0.05) is 0 Å². The van der Waals surface area contributed by atoms with Crippen molar-refractivity contribution in [2.45, 2.75) is 86.4 Å². The molecule has 0 rings (SSSR count). The topological polar surface area (TPSA) is 9.23 Å². The highest BCUT2D eigenvalue weighted by molar-refractivity contribution is 4.96. The molecule has 0 fully saturated rings. The van der Waals surface area contributed by atoms with Gasteiger partial charge in [0.05, 0.1) is 32.8 Å². The van der Waals surface area contributed by atoms with Crippen LogP contribution in [0.1, 0.15) is 19.3 Å². The zero-order valence-electron chi connectivity index (χ0n) is 24.8. The molecule has 0 aliphatic carbocycles. The van der Waals surface area contributed by atoms with Crippen molar-refractivity contribution < 1.29 is 150 Å². The molecular weight excluding hydrogens is 883 g/mol. The number of ether oxygens (including phenoxy) is 1. The zero-order valence-corrected chi connectivity index (χ0v) is 24.8. The third-order valence-electron chi connectivity index (χ3n) is 3.67. The highest BCUT2D eigenvalue weighted by Crippen LogP contribution is 2.53. The van der Waals surface area contributed by atoms with Crippen molar-refractivity contribution in [3.63, 3.8) is 0 Å². The van der Waals surface area contributed by atoms with Crippen LogP contribution in [0.3, 0.4) is 0 Å². The van der Waals surface area contributed by atoms with E-state index in [9.17, 15) is 145 Å². The Hall–Kier alpha value is -2.35. The van der Waals surface area contributed by atoms with Gasteiger partial charge in [0.15, 0.2) is 6.67 Å². The second-order valence-electron chi connectivity index (χ2n) is 8.15. The molecule has 0 saturated carbocycles. The maximum atomic E-state index is 12.3. The molecule has 0 aliphatic heterocycles. The van der Waals surface area contributed by atoms with Gasteiger partial charge >= 0.3 is 60.9 Å². The average Bonchev–Trinajstić information content (AvgIpc) is 2.90. The molecule has 0 aromatic rings. The van der Waals surface area contributed by atoms with Crippen LogP contribution in [0, 0.1) is 0 Å². The van der Waals surface area contributed by atoms with Crippen molar-refractivity contribution in [1.29, 1.82) is 0 Å². The molecular formula is C20H19F33O. The Bertz CT molecular complexity index is 889. The lowest BCUT2D eigenvalue weighted by molar-refractivity contribution is -0.377. The van der Waals surface area contributed by atoms with Crippen LogP contribution >= 0.6 is 0 Å². The van der Waals surface area contributed by atoms with Crippen molar-refractivity contribution in [1.82, 2.24) is 0 Å². The van der Waals surface area contributed by atoms with E-state index in [0.717, 1.165) is 0 Å². The maximum Gasteiger partial charge on any atom is 0.522 e. The van der Waals surface area contributed by atoms with E-state index < -0.39 is 120 Å². The lowest BCUT2D eigenvalue weighted by atomic mass is 10.0. The van der Waals surface area contributed by atoms with Crippen molar-refractivity contribution in [2.24, 2.45) is 0 Å². The first-order valence-corrected chi connectivity index (χ1v) is 11.8. The molecule has 1 atom stereocenters. The van der Waals surface area contributed by atoms with Crippen LogP contribution in [0.4, 0.5) is 145 Å². The van der Waals surface area contributed by atoms with E-state index in [1.165, 1.54) is 0 Å². The molecule has 34 heteroatoms. The minimum atomic E-state index is -7.01. The van der Waals surface area contributed by atoms with Crippen molar-refractivity contribution in [2.75, 3.05) is 40.2 Å². The largest absolute Gasteiger partial charge is 0.522 e. The van der Waals surface area contributed by atoms with Crippen molar-refractivity contribution in [3.8, 4) is 0 Å². The Kier molecular flexibility index (Phi) is 29.5. The lowest BCUT2D eigenvalue weighted by Gasteiger charge is -2.31. The molecule has 0 aromatic carbocycles.